The van der Waals surface area contributed by atoms with Crippen LogP contribution in [0, 0.1) is 11.6 Å². The summed E-state index contributed by atoms with van der Waals surface area (Å²) in [4.78, 5) is 4.97. The van der Waals surface area contributed by atoms with E-state index in [0.717, 1.165) is 22.2 Å². The molecule has 2 aromatic carbocycles. The molecule has 2 rings (SSSR count). The highest BCUT2D eigenvalue weighted by atomic mass is 79.9. The second kappa shape index (κ2) is 6.43. The molecule has 19 heavy (non-hydrogen) atoms. The SMILES string of the molecule is Fc1ccc(CO/N=[C]\c2cccc(Br)c2)cc1F. The molecule has 5 heteroatoms. The van der Waals surface area contributed by atoms with Gasteiger partial charge in [0.05, 0.1) is 0 Å². The van der Waals surface area contributed by atoms with Crippen molar-refractivity contribution in [1.29, 1.82) is 0 Å². The minimum atomic E-state index is -0.902. The number of nitrogens with zero attached hydrogens (tertiary/aromatic N) is 1. The van der Waals surface area contributed by atoms with E-state index in [4.69, 9.17) is 4.84 Å². The molecule has 2 aromatic rings. The van der Waals surface area contributed by atoms with E-state index in [0.29, 0.717) is 5.56 Å². The van der Waals surface area contributed by atoms with Gasteiger partial charge in [-0.2, -0.15) is 0 Å². The highest BCUT2D eigenvalue weighted by molar-refractivity contribution is 9.10. The zero-order chi connectivity index (χ0) is 13.7. The van der Waals surface area contributed by atoms with Gasteiger partial charge in [0.1, 0.15) is 12.8 Å². The van der Waals surface area contributed by atoms with Crippen molar-refractivity contribution < 1.29 is 13.6 Å². The fourth-order valence-corrected chi connectivity index (χ4v) is 1.78. The molecule has 0 saturated heterocycles. The monoisotopic (exact) mass is 324 g/mol. The fraction of sp³-hybridized carbons (Fsp3) is 0.0714. The van der Waals surface area contributed by atoms with Crippen molar-refractivity contribution in [3.8, 4) is 0 Å². The summed E-state index contributed by atoms with van der Waals surface area (Å²) in [6, 6.07) is 10.9. The Hall–Kier alpha value is -1.75. The van der Waals surface area contributed by atoms with Crippen LogP contribution < -0.4 is 0 Å². The summed E-state index contributed by atoms with van der Waals surface area (Å²) in [7, 11) is 0. The highest BCUT2D eigenvalue weighted by Gasteiger charge is 2.02. The van der Waals surface area contributed by atoms with Crippen molar-refractivity contribution >= 4 is 22.1 Å². The Balaban J connectivity index is 1.91. The van der Waals surface area contributed by atoms with Crippen LogP contribution in [-0.4, -0.2) is 6.21 Å². The maximum Gasteiger partial charge on any atom is 0.159 e. The summed E-state index contributed by atoms with van der Waals surface area (Å²) in [5.74, 6) is -1.78. The molecule has 0 spiro atoms. The molecule has 0 aliphatic carbocycles. The van der Waals surface area contributed by atoms with Crippen LogP contribution in [0.1, 0.15) is 11.1 Å². The minimum absolute atomic E-state index is 0.0538. The summed E-state index contributed by atoms with van der Waals surface area (Å²) in [5.41, 5.74) is 1.25. The second-order valence-electron chi connectivity index (χ2n) is 3.74. The average Bonchev–Trinajstić information content (AvgIpc) is 2.39. The van der Waals surface area contributed by atoms with Crippen molar-refractivity contribution in [3.63, 3.8) is 0 Å². The number of benzene rings is 2. The van der Waals surface area contributed by atoms with Gasteiger partial charge >= 0.3 is 0 Å². The summed E-state index contributed by atoms with van der Waals surface area (Å²) >= 11 is 3.32. The third kappa shape index (κ3) is 4.13. The number of halogens is 3. The van der Waals surface area contributed by atoms with Crippen LogP contribution in [0.25, 0.3) is 0 Å². The van der Waals surface area contributed by atoms with E-state index in [2.05, 4.69) is 27.3 Å². The molecular weight excluding hydrogens is 316 g/mol. The molecule has 0 N–H and O–H groups in total. The van der Waals surface area contributed by atoms with Gasteiger partial charge in [0.25, 0.3) is 0 Å². The molecule has 0 aromatic heterocycles. The first-order valence-electron chi connectivity index (χ1n) is 5.42. The molecule has 0 aliphatic rings. The van der Waals surface area contributed by atoms with Gasteiger partial charge in [0, 0.05) is 10.0 Å². The molecule has 0 fully saturated rings. The van der Waals surface area contributed by atoms with Gasteiger partial charge in [-0.25, -0.2) is 8.78 Å². The van der Waals surface area contributed by atoms with Crippen LogP contribution in [0.15, 0.2) is 52.1 Å². The van der Waals surface area contributed by atoms with Crippen LogP contribution in [0.2, 0.25) is 0 Å². The molecule has 97 valence electrons. The molecule has 0 unspecified atom stereocenters. The van der Waals surface area contributed by atoms with Crippen molar-refractivity contribution in [2.75, 3.05) is 0 Å². The van der Waals surface area contributed by atoms with E-state index < -0.39 is 11.6 Å². The normalized spacial score (nSPS) is 10.9. The van der Waals surface area contributed by atoms with Crippen LogP contribution >= 0.6 is 15.9 Å². The van der Waals surface area contributed by atoms with E-state index in [1.807, 2.05) is 24.3 Å². The van der Waals surface area contributed by atoms with E-state index in [1.165, 1.54) is 6.07 Å². The maximum atomic E-state index is 12.9. The molecule has 0 atom stereocenters. The molecule has 0 bridgehead atoms. The first-order chi connectivity index (χ1) is 9.15. The summed E-state index contributed by atoms with van der Waals surface area (Å²) in [6.07, 6.45) is 2.69. The number of rotatable bonds is 4. The van der Waals surface area contributed by atoms with Crippen LogP contribution in [0.3, 0.4) is 0 Å². The Morgan fingerprint density at radius 3 is 2.68 bits per heavy atom. The fourth-order valence-electron chi connectivity index (χ4n) is 1.38. The van der Waals surface area contributed by atoms with Crippen molar-refractivity contribution in [2.45, 2.75) is 6.61 Å². The Morgan fingerprint density at radius 2 is 1.95 bits per heavy atom. The predicted octanol–water partition coefficient (Wildman–Crippen LogP) is 4.16. The quantitative estimate of drug-likeness (QED) is 0.611. The van der Waals surface area contributed by atoms with Gasteiger partial charge in [0.2, 0.25) is 0 Å². The molecule has 0 saturated carbocycles. The molecule has 2 nitrogen and oxygen atoms in total. The summed E-state index contributed by atoms with van der Waals surface area (Å²) in [6.45, 7) is 0.0538. The topological polar surface area (TPSA) is 21.6 Å². The lowest BCUT2D eigenvalue weighted by Gasteiger charge is -2.00. The molecule has 0 aliphatic heterocycles. The third-order valence-corrected chi connectivity index (χ3v) is 2.77. The number of hydrogen-bond donors (Lipinski definition) is 0. The summed E-state index contributed by atoms with van der Waals surface area (Å²) < 4.78 is 26.5. The zero-order valence-electron chi connectivity index (χ0n) is 9.74. The smallest absolute Gasteiger partial charge is 0.159 e. The van der Waals surface area contributed by atoms with Gasteiger partial charge < -0.3 is 4.84 Å². The van der Waals surface area contributed by atoms with Gasteiger partial charge in [-0.15, -0.1) is 0 Å². The van der Waals surface area contributed by atoms with Crippen molar-refractivity contribution in [2.24, 2.45) is 5.16 Å². The van der Waals surface area contributed by atoms with Crippen LogP contribution in [0.5, 0.6) is 0 Å². The molecular formula is C14H9BrF2NO. The van der Waals surface area contributed by atoms with E-state index in [9.17, 15) is 8.78 Å². The van der Waals surface area contributed by atoms with Crippen molar-refractivity contribution in [3.05, 3.63) is 69.7 Å². The first kappa shape index (κ1) is 13.7. The highest BCUT2D eigenvalue weighted by Crippen LogP contribution is 2.11. The Morgan fingerprint density at radius 1 is 1.11 bits per heavy atom. The van der Waals surface area contributed by atoms with Gasteiger partial charge in [-0.3, -0.25) is 0 Å². The molecule has 0 amide bonds. The Bertz CT molecular complexity index is 602. The first-order valence-corrected chi connectivity index (χ1v) is 6.22. The van der Waals surface area contributed by atoms with Gasteiger partial charge in [-0.05, 0) is 29.8 Å². The Labute approximate surface area is 117 Å². The van der Waals surface area contributed by atoms with Crippen molar-refractivity contribution in [1.82, 2.24) is 0 Å². The lowest BCUT2D eigenvalue weighted by Crippen LogP contribution is -1.91. The maximum absolute atomic E-state index is 12.9. The lowest BCUT2D eigenvalue weighted by molar-refractivity contribution is 0.132. The van der Waals surface area contributed by atoms with Crippen LogP contribution in [0.4, 0.5) is 8.78 Å². The average molecular weight is 325 g/mol. The zero-order valence-corrected chi connectivity index (χ0v) is 11.3. The van der Waals surface area contributed by atoms with Gasteiger partial charge in [-0.1, -0.05) is 39.3 Å². The van der Waals surface area contributed by atoms with E-state index in [-0.39, 0.29) is 6.61 Å². The minimum Gasteiger partial charge on any atom is -0.390 e. The lowest BCUT2D eigenvalue weighted by atomic mass is 10.2. The van der Waals surface area contributed by atoms with Crippen LogP contribution in [-0.2, 0) is 11.4 Å². The molecule has 0 heterocycles. The third-order valence-electron chi connectivity index (χ3n) is 2.28. The standard InChI is InChI=1S/C14H9BrF2NO/c15-12-3-1-2-10(6-12)8-18-19-9-11-4-5-13(16)14(17)7-11/h1-7H,9H2. The second-order valence-corrected chi connectivity index (χ2v) is 4.65. The van der Waals surface area contributed by atoms with E-state index >= 15 is 0 Å². The number of hydrogen-bond acceptors (Lipinski definition) is 2. The predicted molar refractivity (Wildman–Crippen MR) is 71.8 cm³/mol. The van der Waals surface area contributed by atoms with E-state index in [1.54, 1.807) is 0 Å². The summed E-state index contributed by atoms with van der Waals surface area (Å²) in [5, 5.41) is 3.64. The molecule has 1 radical (unpaired) electrons. The largest absolute Gasteiger partial charge is 0.390 e. The van der Waals surface area contributed by atoms with Gasteiger partial charge in [0.15, 0.2) is 11.6 Å². The Kier molecular flexibility index (Phi) is 4.63.